The molecule has 1 heterocycles. The fourth-order valence-corrected chi connectivity index (χ4v) is 2.64. The topological polar surface area (TPSA) is 17.8 Å². The van der Waals surface area contributed by atoms with Crippen LogP contribution in [0.5, 0.6) is 0 Å². The van der Waals surface area contributed by atoms with Gasteiger partial charge in [0.15, 0.2) is 0 Å². The lowest BCUT2D eigenvalue weighted by Crippen LogP contribution is -2.14. The van der Waals surface area contributed by atoms with Crippen LogP contribution in [0.4, 0.5) is 0 Å². The van der Waals surface area contributed by atoms with Crippen LogP contribution >= 0.6 is 0 Å². The first-order valence-corrected chi connectivity index (χ1v) is 6.32. The van der Waals surface area contributed by atoms with Gasteiger partial charge in [-0.15, -0.1) is 0 Å². The van der Waals surface area contributed by atoms with Crippen LogP contribution in [0.3, 0.4) is 0 Å². The maximum atomic E-state index is 4.64. The van der Waals surface area contributed by atoms with Gasteiger partial charge in [0.1, 0.15) is 0 Å². The van der Waals surface area contributed by atoms with Gasteiger partial charge < -0.3 is 0 Å². The zero-order valence-electron chi connectivity index (χ0n) is 10.00. The van der Waals surface area contributed by atoms with Crippen molar-refractivity contribution in [3.63, 3.8) is 0 Å². The Bertz CT molecular complexity index is 308. The molecule has 2 rings (SSSR count). The Morgan fingerprint density at radius 1 is 1.33 bits per heavy atom. The second-order valence-corrected chi connectivity index (χ2v) is 4.84. The summed E-state index contributed by atoms with van der Waals surface area (Å²) in [7, 11) is 0. The average molecular weight is 206 g/mol. The second-order valence-electron chi connectivity index (χ2n) is 4.84. The molecule has 1 saturated carbocycles. The Morgan fingerprint density at radius 2 is 2.07 bits per heavy atom. The predicted octanol–water partition coefficient (Wildman–Crippen LogP) is 3.33. The molecule has 1 fully saturated rings. The normalized spacial score (nSPS) is 18.3. The molecular formula is C13H22N2. The quantitative estimate of drug-likeness (QED) is 0.741. The van der Waals surface area contributed by atoms with Gasteiger partial charge in [-0.3, -0.25) is 4.68 Å². The van der Waals surface area contributed by atoms with E-state index in [-0.39, 0.29) is 0 Å². The van der Waals surface area contributed by atoms with Crippen LogP contribution in [0.15, 0.2) is 6.20 Å². The fraction of sp³-hybridized carbons (Fsp3) is 0.769. The van der Waals surface area contributed by atoms with E-state index in [2.05, 4.69) is 29.8 Å². The number of aryl methyl sites for hydroxylation is 2. The van der Waals surface area contributed by atoms with E-state index in [9.17, 15) is 0 Å². The number of rotatable bonds is 3. The van der Waals surface area contributed by atoms with Crippen molar-refractivity contribution in [3.05, 3.63) is 17.5 Å². The standard InChI is InChI=1S/C13H22N2/c1-3-13-11(2)9-15(14-13)10-12-7-5-4-6-8-12/h9,12H,3-8,10H2,1-2H3. The summed E-state index contributed by atoms with van der Waals surface area (Å²) in [4.78, 5) is 0. The molecule has 0 spiro atoms. The van der Waals surface area contributed by atoms with Crippen LogP contribution in [0.2, 0.25) is 0 Å². The minimum absolute atomic E-state index is 0.878. The van der Waals surface area contributed by atoms with E-state index >= 15 is 0 Å². The van der Waals surface area contributed by atoms with Gasteiger partial charge in [0, 0.05) is 12.7 Å². The van der Waals surface area contributed by atoms with Crippen molar-refractivity contribution in [1.29, 1.82) is 0 Å². The molecule has 2 heteroatoms. The van der Waals surface area contributed by atoms with Gasteiger partial charge >= 0.3 is 0 Å². The van der Waals surface area contributed by atoms with Gasteiger partial charge in [0.05, 0.1) is 5.69 Å². The summed E-state index contributed by atoms with van der Waals surface area (Å²) in [5.41, 5.74) is 2.62. The van der Waals surface area contributed by atoms with E-state index in [1.807, 2.05) is 0 Å². The Kier molecular flexibility index (Phi) is 3.45. The van der Waals surface area contributed by atoms with E-state index < -0.39 is 0 Å². The largest absolute Gasteiger partial charge is 0.272 e. The SMILES string of the molecule is CCc1nn(CC2CCCCC2)cc1C. The first kappa shape index (κ1) is 10.7. The number of nitrogens with zero attached hydrogens (tertiary/aromatic N) is 2. The Balaban J connectivity index is 1.97. The Hall–Kier alpha value is -0.790. The van der Waals surface area contributed by atoms with E-state index in [4.69, 9.17) is 0 Å². The first-order valence-electron chi connectivity index (χ1n) is 6.32. The minimum atomic E-state index is 0.878. The molecule has 0 aromatic carbocycles. The highest BCUT2D eigenvalue weighted by molar-refractivity contribution is 5.14. The zero-order chi connectivity index (χ0) is 10.7. The molecule has 0 bridgehead atoms. The molecule has 0 atom stereocenters. The van der Waals surface area contributed by atoms with Crippen LogP contribution < -0.4 is 0 Å². The summed E-state index contributed by atoms with van der Waals surface area (Å²) in [6.07, 6.45) is 10.4. The van der Waals surface area contributed by atoms with Crippen molar-refractivity contribution in [2.24, 2.45) is 5.92 Å². The third-order valence-electron chi connectivity index (χ3n) is 3.55. The first-order chi connectivity index (χ1) is 7.29. The van der Waals surface area contributed by atoms with Crippen molar-refractivity contribution in [2.75, 3.05) is 0 Å². The predicted molar refractivity (Wildman–Crippen MR) is 62.9 cm³/mol. The van der Waals surface area contributed by atoms with Crippen LogP contribution in [-0.2, 0) is 13.0 Å². The molecule has 1 aromatic heterocycles. The lowest BCUT2D eigenvalue weighted by Gasteiger charge is -2.21. The van der Waals surface area contributed by atoms with E-state index in [0.717, 1.165) is 18.9 Å². The van der Waals surface area contributed by atoms with E-state index in [0.29, 0.717) is 0 Å². The van der Waals surface area contributed by atoms with Gasteiger partial charge in [0.25, 0.3) is 0 Å². The summed E-state index contributed by atoms with van der Waals surface area (Å²) < 4.78 is 2.17. The summed E-state index contributed by atoms with van der Waals surface area (Å²) >= 11 is 0. The average Bonchev–Trinajstić information content (AvgIpc) is 2.60. The van der Waals surface area contributed by atoms with E-state index in [1.54, 1.807) is 0 Å². The maximum Gasteiger partial charge on any atom is 0.0650 e. The molecule has 0 unspecified atom stereocenters. The molecule has 0 radical (unpaired) electrons. The van der Waals surface area contributed by atoms with Gasteiger partial charge in [-0.2, -0.15) is 5.10 Å². The van der Waals surface area contributed by atoms with Crippen molar-refractivity contribution >= 4 is 0 Å². The molecule has 1 aliphatic carbocycles. The molecule has 0 amide bonds. The van der Waals surface area contributed by atoms with Crippen LogP contribution in [0.1, 0.15) is 50.3 Å². The second kappa shape index (κ2) is 4.82. The third kappa shape index (κ3) is 2.61. The summed E-state index contributed by atoms with van der Waals surface area (Å²) in [5.74, 6) is 0.878. The van der Waals surface area contributed by atoms with Gasteiger partial charge in [-0.05, 0) is 37.7 Å². The molecular weight excluding hydrogens is 184 g/mol. The third-order valence-corrected chi connectivity index (χ3v) is 3.55. The van der Waals surface area contributed by atoms with Crippen molar-refractivity contribution in [2.45, 2.75) is 58.9 Å². The molecule has 0 N–H and O–H groups in total. The van der Waals surface area contributed by atoms with E-state index in [1.165, 1.54) is 43.4 Å². The maximum absolute atomic E-state index is 4.64. The Morgan fingerprint density at radius 3 is 2.67 bits per heavy atom. The van der Waals surface area contributed by atoms with Crippen molar-refractivity contribution in [3.8, 4) is 0 Å². The van der Waals surface area contributed by atoms with Crippen LogP contribution in [-0.4, -0.2) is 9.78 Å². The number of hydrogen-bond donors (Lipinski definition) is 0. The van der Waals surface area contributed by atoms with Gasteiger partial charge in [-0.25, -0.2) is 0 Å². The lowest BCUT2D eigenvalue weighted by atomic mass is 9.89. The highest BCUT2D eigenvalue weighted by Crippen LogP contribution is 2.25. The summed E-state index contributed by atoms with van der Waals surface area (Å²) in [5, 5.41) is 4.64. The molecule has 1 aromatic rings. The Labute approximate surface area is 92.7 Å². The number of hydrogen-bond acceptors (Lipinski definition) is 1. The monoisotopic (exact) mass is 206 g/mol. The molecule has 0 saturated heterocycles. The molecule has 15 heavy (non-hydrogen) atoms. The van der Waals surface area contributed by atoms with Gasteiger partial charge in [-0.1, -0.05) is 26.2 Å². The fourth-order valence-electron chi connectivity index (χ4n) is 2.64. The molecule has 84 valence electrons. The molecule has 2 nitrogen and oxygen atoms in total. The van der Waals surface area contributed by atoms with Crippen molar-refractivity contribution < 1.29 is 0 Å². The van der Waals surface area contributed by atoms with Crippen molar-refractivity contribution in [1.82, 2.24) is 9.78 Å². The summed E-state index contributed by atoms with van der Waals surface area (Å²) in [6.45, 7) is 5.49. The van der Waals surface area contributed by atoms with Crippen LogP contribution in [0, 0.1) is 12.8 Å². The number of aromatic nitrogens is 2. The smallest absolute Gasteiger partial charge is 0.0650 e. The molecule has 1 aliphatic rings. The van der Waals surface area contributed by atoms with Crippen LogP contribution in [0.25, 0.3) is 0 Å². The lowest BCUT2D eigenvalue weighted by molar-refractivity contribution is 0.307. The zero-order valence-corrected chi connectivity index (χ0v) is 10.00. The highest BCUT2D eigenvalue weighted by Gasteiger charge is 2.14. The minimum Gasteiger partial charge on any atom is -0.272 e. The summed E-state index contributed by atoms with van der Waals surface area (Å²) in [6, 6.07) is 0. The molecule has 0 aliphatic heterocycles. The van der Waals surface area contributed by atoms with Gasteiger partial charge in [0.2, 0.25) is 0 Å². The highest BCUT2D eigenvalue weighted by atomic mass is 15.3.